The molecule has 3 N–H and O–H groups in total. The Morgan fingerprint density at radius 2 is 1.45 bits per heavy atom. The zero-order valence-electron chi connectivity index (χ0n) is 18.4. The van der Waals surface area contributed by atoms with E-state index in [2.05, 4.69) is 14.8 Å². The molecule has 10 heteroatoms. The van der Waals surface area contributed by atoms with Crippen molar-refractivity contribution in [3.63, 3.8) is 0 Å². The third kappa shape index (κ3) is 6.19. The molecule has 0 atom stereocenters. The van der Waals surface area contributed by atoms with Crippen LogP contribution >= 0.6 is 0 Å². The molecular weight excluding hydrogens is 462 g/mol. The van der Waals surface area contributed by atoms with Crippen LogP contribution in [-0.4, -0.2) is 28.8 Å². The second-order valence-corrected chi connectivity index (χ2v) is 11.1. The summed E-state index contributed by atoms with van der Waals surface area (Å²) in [5.41, 5.74) is 1.48. The minimum absolute atomic E-state index is 0.0240. The molecule has 8 nitrogen and oxygen atoms in total. The third-order valence-electron chi connectivity index (χ3n) is 4.59. The predicted octanol–water partition coefficient (Wildman–Crippen LogP) is 3.73. The Balaban J connectivity index is 1.82. The Labute approximate surface area is 194 Å². The van der Waals surface area contributed by atoms with Crippen LogP contribution in [0.3, 0.4) is 0 Å². The number of sulfonamides is 2. The molecule has 0 aliphatic rings. The summed E-state index contributed by atoms with van der Waals surface area (Å²) in [7, 11) is -7.56. The van der Waals surface area contributed by atoms with Crippen LogP contribution in [0, 0.1) is 6.92 Å². The van der Waals surface area contributed by atoms with Crippen molar-refractivity contribution in [1.29, 1.82) is 0 Å². The molecule has 3 rings (SSSR count). The highest BCUT2D eigenvalue weighted by Gasteiger charge is 2.18. The number of nitrogens with one attached hydrogen (secondary N) is 3. The number of rotatable bonds is 8. The number of carbonyl (C=O) groups is 1. The Kier molecular flexibility index (Phi) is 7.21. The molecule has 33 heavy (non-hydrogen) atoms. The monoisotopic (exact) mass is 487 g/mol. The minimum atomic E-state index is -3.80. The van der Waals surface area contributed by atoms with Gasteiger partial charge in [0.15, 0.2) is 0 Å². The molecule has 3 aromatic carbocycles. The molecule has 0 fully saturated rings. The first kappa shape index (κ1) is 24.4. The van der Waals surface area contributed by atoms with Gasteiger partial charge < -0.3 is 5.32 Å². The molecule has 0 bridgehead atoms. The summed E-state index contributed by atoms with van der Waals surface area (Å²) >= 11 is 0. The highest BCUT2D eigenvalue weighted by Crippen LogP contribution is 2.24. The van der Waals surface area contributed by atoms with E-state index in [-0.39, 0.29) is 21.4 Å². The van der Waals surface area contributed by atoms with Crippen LogP contribution in [0.25, 0.3) is 0 Å². The van der Waals surface area contributed by atoms with Crippen molar-refractivity contribution in [3.8, 4) is 0 Å². The fourth-order valence-corrected chi connectivity index (χ4v) is 5.44. The summed E-state index contributed by atoms with van der Waals surface area (Å²) in [5.74, 6) is -0.530. The number of benzene rings is 3. The topological polar surface area (TPSA) is 121 Å². The van der Waals surface area contributed by atoms with Crippen LogP contribution in [0.5, 0.6) is 0 Å². The van der Waals surface area contributed by atoms with Gasteiger partial charge in [0, 0.05) is 17.3 Å². The van der Waals surface area contributed by atoms with Gasteiger partial charge in [0.1, 0.15) is 0 Å². The lowest BCUT2D eigenvalue weighted by molar-refractivity contribution is 0.102. The molecule has 0 heterocycles. The lowest BCUT2D eigenvalue weighted by atomic mass is 10.1. The van der Waals surface area contributed by atoms with Crippen LogP contribution in [0.15, 0.2) is 82.6 Å². The maximum absolute atomic E-state index is 12.8. The third-order valence-corrected chi connectivity index (χ3v) is 7.63. The van der Waals surface area contributed by atoms with E-state index in [1.807, 2.05) is 0 Å². The van der Waals surface area contributed by atoms with Crippen molar-refractivity contribution < 1.29 is 21.6 Å². The van der Waals surface area contributed by atoms with Crippen molar-refractivity contribution in [1.82, 2.24) is 4.72 Å². The molecule has 0 saturated heterocycles. The number of amides is 1. The van der Waals surface area contributed by atoms with E-state index in [0.717, 1.165) is 0 Å². The lowest BCUT2D eigenvalue weighted by Crippen LogP contribution is -2.30. The molecule has 0 aliphatic heterocycles. The summed E-state index contributed by atoms with van der Waals surface area (Å²) in [6, 6.07) is 18.1. The Morgan fingerprint density at radius 1 is 0.788 bits per heavy atom. The summed E-state index contributed by atoms with van der Waals surface area (Å²) in [5, 5.41) is 2.68. The van der Waals surface area contributed by atoms with Gasteiger partial charge in [-0.1, -0.05) is 30.3 Å². The first-order valence-corrected chi connectivity index (χ1v) is 13.1. The molecule has 0 spiro atoms. The second kappa shape index (κ2) is 9.74. The van der Waals surface area contributed by atoms with E-state index >= 15 is 0 Å². The number of hydrogen-bond acceptors (Lipinski definition) is 5. The van der Waals surface area contributed by atoms with Gasteiger partial charge >= 0.3 is 0 Å². The standard InChI is InChI=1S/C23H25N3O5S2/c1-16(2)25-33(30,31)21-11-7-8-18(14-21)23(27)24-19-13-12-17(3)22(15-19)26-32(28,29)20-9-5-4-6-10-20/h4-16,25-26H,1-3H3,(H,24,27). The van der Waals surface area contributed by atoms with E-state index in [4.69, 9.17) is 0 Å². The number of aryl methyl sites for hydroxylation is 1. The molecule has 174 valence electrons. The van der Waals surface area contributed by atoms with Crippen molar-refractivity contribution in [2.75, 3.05) is 10.0 Å². The zero-order valence-corrected chi connectivity index (χ0v) is 20.0. The largest absolute Gasteiger partial charge is 0.322 e. The van der Waals surface area contributed by atoms with Crippen molar-refractivity contribution >= 4 is 37.3 Å². The van der Waals surface area contributed by atoms with Gasteiger partial charge in [0.25, 0.3) is 15.9 Å². The van der Waals surface area contributed by atoms with Crippen LogP contribution in [0.1, 0.15) is 29.8 Å². The smallest absolute Gasteiger partial charge is 0.261 e. The molecule has 0 radical (unpaired) electrons. The quantitative estimate of drug-likeness (QED) is 0.447. The Hall–Kier alpha value is -3.21. The zero-order chi connectivity index (χ0) is 24.2. The maximum Gasteiger partial charge on any atom is 0.261 e. The summed E-state index contributed by atoms with van der Waals surface area (Å²) in [4.78, 5) is 12.8. The molecule has 0 aromatic heterocycles. The fourth-order valence-electron chi connectivity index (χ4n) is 3.00. The maximum atomic E-state index is 12.8. The number of anilines is 2. The van der Waals surface area contributed by atoms with E-state index in [0.29, 0.717) is 16.9 Å². The van der Waals surface area contributed by atoms with Gasteiger partial charge in [-0.05, 0) is 68.8 Å². The van der Waals surface area contributed by atoms with Gasteiger partial charge in [-0.3, -0.25) is 9.52 Å². The van der Waals surface area contributed by atoms with Crippen LogP contribution in [-0.2, 0) is 20.0 Å². The highest BCUT2D eigenvalue weighted by atomic mass is 32.2. The van der Waals surface area contributed by atoms with Gasteiger partial charge in [0.2, 0.25) is 10.0 Å². The molecule has 0 aliphatic carbocycles. The minimum Gasteiger partial charge on any atom is -0.322 e. The average Bonchev–Trinajstić information content (AvgIpc) is 2.76. The molecule has 3 aromatic rings. The normalized spacial score (nSPS) is 11.9. The first-order valence-electron chi connectivity index (χ1n) is 10.1. The first-order chi connectivity index (χ1) is 15.5. The second-order valence-electron chi connectivity index (χ2n) is 7.71. The van der Waals surface area contributed by atoms with Gasteiger partial charge in [-0.25, -0.2) is 21.6 Å². The van der Waals surface area contributed by atoms with Gasteiger partial charge in [-0.2, -0.15) is 0 Å². The van der Waals surface area contributed by atoms with Crippen LogP contribution in [0.2, 0.25) is 0 Å². The summed E-state index contributed by atoms with van der Waals surface area (Å²) in [6.07, 6.45) is 0. The Bertz CT molecular complexity index is 1370. The number of hydrogen-bond donors (Lipinski definition) is 3. The van der Waals surface area contributed by atoms with E-state index < -0.39 is 26.0 Å². The molecule has 1 amide bonds. The van der Waals surface area contributed by atoms with E-state index in [9.17, 15) is 21.6 Å². The molecule has 0 saturated carbocycles. The van der Waals surface area contributed by atoms with Crippen LogP contribution < -0.4 is 14.8 Å². The van der Waals surface area contributed by atoms with Crippen molar-refractivity contribution in [2.24, 2.45) is 0 Å². The molecule has 0 unspecified atom stereocenters. The SMILES string of the molecule is Cc1ccc(NC(=O)c2cccc(S(=O)(=O)NC(C)C)c2)cc1NS(=O)(=O)c1ccccc1. The summed E-state index contributed by atoms with van der Waals surface area (Å²) in [6.45, 7) is 5.15. The molecular formula is C23H25N3O5S2. The van der Waals surface area contributed by atoms with Gasteiger partial charge in [-0.15, -0.1) is 0 Å². The van der Waals surface area contributed by atoms with E-state index in [1.54, 1.807) is 51.1 Å². The lowest BCUT2D eigenvalue weighted by Gasteiger charge is -2.13. The highest BCUT2D eigenvalue weighted by molar-refractivity contribution is 7.92. The average molecular weight is 488 g/mol. The fraction of sp³-hybridized carbons (Fsp3) is 0.174. The number of carbonyl (C=O) groups excluding carboxylic acids is 1. The van der Waals surface area contributed by atoms with E-state index in [1.165, 1.54) is 42.5 Å². The Morgan fingerprint density at radius 3 is 2.12 bits per heavy atom. The van der Waals surface area contributed by atoms with Crippen LogP contribution in [0.4, 0.5) is 11.4 Å². The predicted molar refractivity (Wildman–Crippen MR) is 128 cm³/mol. The van der Waals surface area contributed by atoms with Crippen molar-refractivity contribution in [3.05, 3.63) is 83.9 Å². The van der Waals surface area contributed by atoms with Gasteiger partial charge in [0.05, 0.1) is 15.5 Å². The summed E-state index contributed by atoms with van der Waals surface area (Å²) < 4.78 is 55.1. The van der Waals surface area contributed by atoms with Crippen molar-refractivity contribution in [2.45, 2.75) is 36.6 Å².